The highest BCUT2D eigenvalue weighted by molar-refractivity contribution is 7.56. The van der Waals surface area contributed by atoms with E-state index in [-0.39, 0.29) is 0 Å². The minimum atomic E-state index is 0.805. The van der Waals surface area contributed by atoms with Crippen molar-refractivity contribution in [1.29, 1.82) is 0 Å². The summed E-state index contributed by atoms with van der Waals surface area (Å²) in [5.41, 5.74) is 0. The fraction of sp³-hybridized carbons (Fsp3) is 1.00. The molecule has 0 radical (unpaired) electrons. The molecule has 0 nitrogen and oxygen atoms in total. The van der Waals surface area contributed by atoms with Gasteiger partial charge >= 0.3 is 0 Å². The van der Waals surface area contributed by atoms with Gasteiger partial charge in [-0.1, -0.05) is 19.3 Å². The standard InChI is InChI=1S/C10H18BP/c12-11-10-4-7-1-8(5-10)3-9(2-7)6-10/h7-9,11H,1-6,12H2. The molecule has 0 aromatic heterocycles. The normalized spacial score (nSPS) is 55.9. The first-order valence-electron chi connectivity index (χ1n) is 5.50. The minimum absolute atomic E-state index is 0.805. The van der Waals surface area contributed by atoms with Crippen molar-refractivity contribution in [3.63, 3.8) is 0 Å². The van der Waals surface area contributed by atoms with Crippen molar-refractivity contribution >= 4 is 16.1 Å². The zero-order valence-corrected chi connectivity index (χ0v) is 8.91. The monoisotopic (exact) mass is 180 g/mol. The molecule has 4 aliphatic rings. The zero-order valence-electron chi connectivity index (χ0n) is 7.76. The highest BCUT2D eigenvalue weighted by Gasteiger charge is 2.49. The Kier molecular flexibility index (Phi) is 1.64. The van der Waals surface area contributed by atoms with Gasteiger partial charge in [-0.3, -0.25) is 0 Å². The van der Waals surface area contributed by atoms with Gasteiger partial charge in [-0.05, 0) is 42.3 Å². The lowest BCUT2D eigenvalue weighted by Gasteiger charge is -2.56. The van der Waals surface area contributed by atoms with E-state index in [9.17, 15) is 0 Å². The summed E-state index contributed by atoms with van der Waals surface area (Å²) in [6.07, 6.45) is 9.48. The van der Waals surface area contributed by atoms with Gasteiger partial charge in [-0.2, -0.15) is 9.12 Å². The third-order valence-corrected chi connectivity index (χ3v) is 5.46. The van der Waals surface area contributed by atoms with Gasteiger partial charge in [-0.15, -0.1) is 0 Å². The Morgan fingerprint density at radius 2 is 1.33 bits per heavy atom. The Balaban J connectivity index is 1.90. The third kappa shape index (κ3) is 1.02. The smallest absolute Gasteiger partial charge is 0.151 e. The van der Waals surface area contributed by atoms with Crippen LogP contribution < -0.4 is 0 Å². The first-order valence-corrected chi connectivity index (χ1v) is 6.31. The van der Waals surface area contributed by atoms with Crippen LogP contribution in [0.1, 0.15) is 38.5 Å². The van der Waals surface area contributed by atoms with E-state index in [4.69, 9.17) is 0 Å². The maximum atomic E-state index is 3.01. The second-order valence-electron chi connectivity index (χ2n) is 5.62. The van der Waals surface area contributed by atoms with Gasteiger partial charge in [0.1, 0.15) is 0 Å². The van der Waals surface area contributed by atoms with Crippen LogP contribution in [-0.4, -0.2) is 7.00 Å². The fourth-order valence-corrected chi connectivity index (χ4v) is 5.04. The Labute approximate surface area is 78.3 Å². The van der Waals surface area contributed by atoms with E-state index in [1.165, 1.54) is 7.00 Å². The molecule has 0 aliphatic heterocycles. The maximum absolute atomic E-state index is 3.01. The van der Waals surface area contributed by atoms with Crippen molar-refractivity contribution in [2.45, 2.75) is 43.8 Å². The lowest BCUT2D eigenvalue weighted by Crippen LogP contribution is -2.43. The summed E-state index contributed by atoms with van der Waals surface area (Å²) in [6.45, 7) is 1.39. The van der Waals surface area contributed by atoms with E-state index >= 15 is 0 Å². The average Bonchev–Trinajstić information content (AvgIpc) is 2.02. The summed E-state index contributed by atoms with van der Waals surface area (Å²) < 4.78 is 0. The molecule has 1 unspecified atom stereocenters. The number of rotatable bonds is 1. The quantitative estimate of drug-likeness (QED) is 0.429. The molecule has 4 fully saturated rings. The zero-order chi connectivity index (χ0) is 8.18. The third-order valence-electron chi connectivity index (χ3n) is 4.60. The van der Waals surface area contributed by atoms with E-state index < -0.39 is 0 Å². The highest BCUT2D eigenvalue weighted by Crippen LogP contribution is 2.63. The molecule has 4 bridgehead atoms. The first-order chi connectivity index (χ1) is 5.80. The SMILES string of the molecule is PBC12CC3CC(CC(C3)C1)C2. The molecule has 1 atom stereocenters. The molecule has 0 heterocycles. The van der Waals surface area contributed by atoms with Crippen LogP contribution in [0.15, 0.2) is 0 Å². The molecular formula is C10H18BP. The Hall–Kier alpha value is 0.495. The molecule has 0 N–H and O–H groups in total. The highest BCUT2D eigenvalue weighted by atomic mass is 31.0. The Bertz CT molecular complexity index is 167. The van der Waals surface area contributed by atoms with Gasteiger partial charge in [0.15, 0.2) is 7.00 Å². The second kappa shape index (κ2) is 2.50. The van der Waals surface area contributed by atoms with Crippen LogP contribution in [0.3, 0.4) is 0 Å². The Morgan fingerprint density at radius 3 is 1.67 bits per heavy atom. The summed E-state index contributed by atoms with van der Waals surface area (Å²) in [5, 5.41) is 0.805. The predicted octanol–water partition coefficient (Wildman–Crippen LogP) is 2.60. The van der Waals surface area contributed by atoms with Gasteiger partial charge in [0, 0.05) is 0 Å². The summed E-state index contributed by atoms with van der Waals surface area (Å²) in [7, 11) is 3.01. The van der Waals surface area contributed by atoms with Crippen molar-refractivity contribution in [2.24, 2.45) is 17.8 Å². The molecule has 12 heavy (non-hydrogen) atoms. The molecule has 4 rings (SSSR count). The van der Waals surface area contributed by atoms with Crippen LogP contribution in [0.4, 0.5) is 0 Å². The van der Waals surface area contributed by atoms with Crippen LogP contribution in [0, 0.1) is 17.8 Å². The lowest BCUT2D eigenvalue weighted by atomic mass is 9.43. The molecule has 4 saturated carbocycles. The molecule has 0 saturated heterocycles. The van der Waals surface area contributed by atoms with Gasteiger partial charge < -0.3 is 0 Å². The molecule has 0 spiro atoms. The van der Waals surface area contributed by atoms with Crippen LogP contribution in [-0.2, 0) is 0 Å². The molecule has 0 amide bonds. The van der Waals surface area contributed by atoms with E-state index in [1.54, 1.807) is 38.5 Å². The van der Waals surface area contributed by atoms with Crippen molar-refractivity contribution in [2.75, 3.05) is 0 Å². The van der Waals surface area contributed by atoms with E-state index in [0.29, 0.717) is 0 Å². The Morgan fingerprint density at radius 1 is 0.917 bits per heavy atom. The van der Waals surface area contributed by atoms with E-state index in [2.05, 4.69) is 9.12 Å². The van der Waals surface area contributed by atoms with Crippen LogP contribution in [0.5, 0.6) is 0 Å². The molecule has 0 aromatic carbocycles. The van der Waals surface area contributed by atoms with Crippen molar-refractivity contribution in [3.8, 4) is 0 Å². The fourth-order valence-electron chi connectivity index (χ4n) is 4.54. The number of hydrogen-bond acceptors (Lipinski definition) is 0. The van der Waals surface area contributed by atoms with Crippen molar-refractivity contribution < 1.29 is 0 Å². The molecular weight excluding hydrogens is 162 g/mol. The van der Waals surface area contributed by atoms with Crippen LogP contribution in [0.2, 0.25) is 5.31 Å². The topological polar surface area (TPSA) is 0 Å². The summed E-state index contributed by atoms with van der Waals surface area (Å²) in [5.74, 6) is 3.41. The number of hydrogen-bond donors (Lipinski definition) is 0. The lowest BCUT2D eigenvalue weighted by molar-refractivity contribution is 0.0297. The summed E-state index contributed by atoms with van der Waals surface area (Å²) in [6, 6.07) is 0. The van der Waals surface area contributed by atoms with Gasteiger partial charge in [-0.25, -0.2) is 0 Å². The maximum Gasteiger partial charge on any atom is 0.151 e. The van der Waals surface area contributed by atoms with Crippen LogP contribution in [0.25, 0.3) is 0 Å². The van der Waals surface area contributed by atoms with Gasteiger partial charge in [0.25, 0.3) is 0 Å². The second-order valence-corrected chi connectivity index (χ2v) is 6.03. The van der Waals surface area contributed by atoms with Crippen molar-refractivity contribution in [1.82, 2.24) is 0 Å². The van der Waals surface area contributed by atoms with Crippen molar-refractivity contribution in [3.05, 3.63) is 0 Å². The van der Waals surface area contributed by atoms with E-state index in [0.717, 1.165) is 23.1 Å². The first kappa shape index (κ1) is 7.86. The minimum Gasteiger partial charge on any atom is -0.174 e. The summed E-state index contributed by atoms with van der Waals surface area (Å²) >= 11 is 0. The van der Waals surface area contributed by atoms with Crippen LogP contribution >= 0.6 is 9.12 Å². The molecule has 4 aliphatic carbocycles. The van der Waals surface area contributed by atoms with Gasteiger partial charge in [0.2, 0.25) is 0 Å². The average molecular weight is 180 g/mol. The largest absolute Gasteiger partial charge is 0.174 e. The molecule has 66 valence electrons. The van der Waals surface area contributed by atoms with E-state index in [1.807, 2.05) is 0 Å². The van der Waals surface area contributed by atoms with Gasteiger partial charge in [0.05, 0.1) is 0 Å². The molecule has 0 aromatic rings. The predicted molar refractivity (Wildman–Crippen MR) is 57.7 cm³/mol. The summed E-state index contributed by atoms with van der Waals surface area (Å²) in [4.78, 5) is 0. The molecule has 2 heteroatoms.